The Balaban J connectivity index is 2.25. The number of nitrogens with zero attached hydrogens (tertiary/aromatic N) is 1. The molecule has 0 spiro atoms. The first kappa shape index (κ1) is 18.4. The maximum atomic E-state index is 12.2. The third-order valence-corrected chi connectivity index (χ3v) is 5.30. The summed E-state index contributed by atoms with van der Waals surface area (Å²) in [5.41, 5.74) is 8.16. The van der Waals surface area contributed by atoms with Crippen LogP contribution in [0.4, 0.5) is 0 Å². The highest BCUT2D eigenvalue weighted by Crippen LogP contribution is 2.16. The Morgan fingerprint density at radius 1 is 0.958 bits per heavy atom. The average molecular weight is 341 g/mol. The first-order chi connectivity index (χ1) is 11.3. The first-order valence-electron chi connectivity index (χ1n) is 8.46. The molecule has 0 aliphatic heterocycles. The number of hydrogen-bond donors (Lipinski definition) is 1. The summed E-state index contributed by atoms with van der Waals surface area (Å²) in [6.07, 6.45) is 1.61. The topological polar surface area (TPSA) is 46.3 Å². The number of rotatable bonds is 8. The molecule has 24 heavy (non-hydrogen) atoms. The van der Waals surface area contributed by atoms with Crippen LogP contribution < -0.4 is 5.73 Å². The van der Waals surface area contributed by atoms with E-state index in [0.717, 1.165) is 18.3 Å². The highest BCUT2D eigenvalue weighted by atomic mass is 28.3. The van der Waals surface area contributed by atoms with Gasteiger partial charge in [-0.1, -0.05) is 80.3 Å². The molecule has 1 amide bonds. The van der Waals surface area contributed by atoms with E-state index >= 15 is 0 Å². The quantitative estimate of drug-likeness (QED) is 0.748. The summed E-state index contributed by atoms with van der Waals surface area (Å²) < 4.78 is 0. The Morgan fingerprint density at radius 3 is 1.92 bits per heavy atom. The fourth-order valence-corrected chi connectivity index (χ4v) is 4.50. The van der Waals surface area contributed by atoms with Gasteiger partial charge in [0.25, 0.3) is 0 Å². The van der Waals surface area contributed by atoms with E-state index in [4.69, 9.17) is 5.73 Å². The van der Waals surface area contributed by atoms with Crippen molar-refractivity contribution in [2.75, 3.05) is 6.17 Å². The lowest BCUT2D eigenvalue weighted by Crippen LogP contribution is -2.51. The summed E-state index contributed by atoms with van der Waals surface area (Å²) in [5, 5.41) is 0. The molecule has 1 unspecified atom stereocenters. The highest BCUT2D eigenvalue weighted by Gasteiger charge is 2.28. The van der Waals surface area contributed by atoms with Crippen LogP contribution in [0.15, 0.2) is 60.7 Å². The van der Waals surface area contributed by atoms with Crippen molar-refractivity contribution in [3.8, 4) is 0 Å². The molecule has 2 rings (SSSR count). The minimum absolute atomic E-state index is 0.243. The molecule has 1 atom stereocenters. The Labute approximate surface area is 146 Å². The fourth-order valence-electron chi connectivity index (χ4n) is 2.95. The number of benzene rings is 2. The fraction of sp³-hybridized carbons (Fsp3) is 0.350. The van der Waals surface area contributed by atoms with Crippen LogP contribution in [0.3, 0.4) is 0 Å². The largest absolute Gasteiger partial charge is 0.368 e. The van der Waals surface area contributed by atoms with E-state index in [1.807, 2.05) is 36.4 Å². The van der Waals surface area contributed by atoms with Crippen molar-refractivity contribution in [2.45, 2.75) is 38.6 Å². The molecule has 0 heterocycles. The second-order valence-corrected chi connectivity index (χ2v) is 13.0. The minimum atomic E-state index is -1.38. The summed E-state index contributed by atoms with van der Waals surface area (Å²) in [7, 11) is -1.38. The van der Waals surface area contributed by atoms with Crippen LogP contribution in [0.5, 0.6) is 0 Å². The van der Waals surface area contributed by atoms with E-state index in [-0.39, 0.29) is 11.9 Å². The first-order valence-corrected chi connectivity index (χ1v) is 12.2. The summed E-state index contributed by atoms with van der Waals surface area (Å²) >= 11 is 0. The highest BCUT2D eigenvalue weighted by molar-refractivity contribution is 6.76. The number of primary amides is 1. The van der Waals surface area contributed by atoms with E-state index in [1.54, 1.807) is 0 Å². The maximum Gasteiger partial charge on any atom is 0.235 e. The number of carbonyl (C=O) groups is 1. The molecule has 0 radical (unpaired) electrons. The van der Waals surface area contributed by atoms with Gasteiger partial charge in [-0.3, -0.25) is 9.69 Å². The van der Waals surface area contributed by atoms with E-state index in [0.29, 0.717) is 6.42 Å². The minimum Gasteiger partial charge on any atom is -0.368 e. The Morgan fingerprint density at radius 2 is 1.46 bits per heavy atom. The van der Waals surface area contributed by atoms with Crippen molar-refractivity contribution < 1.29 is 4.79 Å². The zero-order chi connectivity index (χ0) is 17.6. The van der Waals surface area contributed by atoms with Gasteiger partial charge in [-0.2, -0.15) is 0 Å². The molecule has 3 nitrogen and oxygen atoms in total. The van der Waals surface area contributed by atoms with Gasteiger partial charge in [-0.15, -0.1) is 0 Å². The Hall–Kier alpha value is -1.91. The summed E-state index contributed by atoms with van der Waals surface area (Å²) in [6, 6.07) is 20.2. The lowest BCUT2D eigenvalue weighted by Gasteiger charge is -2.34. The molecule has 2 N–H and O–H groups in total. The molecule has 0 saturated heterocycles. The Kier molecular flexibility index (Phi) is 6.34. The van der Waals surface area contributed by atoms with Crippen LogP contribution in [0.2, 0.25) is 19.6 Å². The predicted octanol–water partition coefficient (Wildman–Crippen LogP) is 3.46. The molecule has 0 aliphatic rings. The van der Waals surface area contributed by atoms with Crippen molar-refractivity contribution in [2.24, 2.45) is 5.73 Å². The van der Waals surface area contributed by atoms with Gasteiger partial charge in [-0.25, -0.2) is 0 Å². The third kappa shape index (κ3) is 5.94. The zero-order valence-corrected chi connectivity index (χ0v) is 15.9. The molecular formula is C20H28N2OSi. The van der Waals surface area contributed by atoms with Gasteiger partial charge in [0.05, 0.1) is 14.1 Å². The van der Waals surface area contributed by atoms with Crippen LogP contribution in [-0.4, -0.2) is 31.1 Å². The smallest absolute Gasteiger partial charge is 0.235 e. The lowest BCUT2D eigenvalue weighted by molar-refractivity contribution is -0.123. The van der Waals surface area contributed by atoms with Gasteiger partial charge in [0.1, 0.15) is 0 Å². The molecule has 0 fully saturated rings. The second-order valence-electron chi connectivity index (χ2n) is 7.56. The van der Waals surface area contributed by atoms with Gasteiger partial charge in [0, 0.05) is 6.54 Å². The molecule has 0 aliphatic carbocycles. The molecule has 4 heteroatoms. The Bertz CT molecular complexity index is 638. The lowest BCUT2D eigenvalue weighted by atomic mass is 10.0. The van der Waals surface area contributed by atoms with Crippen LogP contribution in [0, 0.1) is 0 Å². The molecule has 0 bridgehead atoms. The number of nitrogens with two attached hydrogens (primary N) is 1. The van der Waals surface area contributed by atoms with Gasteiger partial charge in [0.2, 0.25) is 5.91 Å². The number of amides is 1. The monoisotopic (exact) mass is 340 g/mol. The van der Waals surface area contributed by atoms with Crippen LogP contribution in [-0.2, 0) is 17.8 Å². The van der Waals surface area contributed by atoms with Crippen molar-refractivity contribution in [1.29, 1.82) is 0 Å². The molecule has 0 saturated carbocycles. The summed E-state index contributed by atoms with van der Waals surface area (Å²) in [4.78, 5) is 14.5. The molecule has 0 aromatic heterocycles. The van der Waals surface area contributed by atoms with E-state index < -0.39 is 8.07 Å². The number of hydrogen-bond acceptors (Lipinski definition) is 2. The summed E-state index contributed by atoms with van der Waals surface area (Å²) in [6.45, 7) is 7.73. The van der Waals surface area contributed by atoms with Crippen molar-refractivity contribution in [1.82, 2.24) is 4.90 Å². The van der Waals surface area contributed by atoms with Crippen LogP contribution in [0.1, 0.15) is 11.1 Å². The molecular weight excluding hydrogens is 312 g/mol. The van der Waals surface area contributed by atoms with Crippen molar-refractivity contribution in [3.05, 3.63) is 71.8 Å². The van der Waals surface area contributed by atoms with Gasteiger partial charge < -0.3 is 5.73 Å². The van der Waals surface area contributed by atoms with E-state index in [2.05, 4.69) is 48.8 Å². The molecule has 128 valence electrons. The van der Waals surface area contributed by atoms with E-state index in [1.165, 1.54) is 5.56 Å². The zero-order valence-electron chi connectivity index (χ0n) is 14.9. The normalized spacial score (nSPS) is 13.0. The number of carbonyl (C=O) groups excluding carboxylic acids is 1. The maximum absolute atomic E-state index is 12.2. The standard InChI is InChI=1S/C20H28N2OSi/c1-24(2,3)16-22(15-18-12-8-5-9-13-18)19(20(21)23)14-17-10-6-4-7-11-17/h4-13,19H,14-16H2,1-3H3,(H2,21,23). The SMILES string of the molecule is C[Si](C)(C)CN(Cc1ccccc1)C(Cc1ccccc1)C(N)=O. The van der Waals surface area contributed by atoms with Gasteiger partial charge in [-0.05, 0) is 23.7 Å². The van der Waals surface area contributed by atoms with Crippen molar-refractivity contribution in [3.63, 3.8) is 0 Å². The predicted molar refractivity (Wildman–Crippen MR) is 103 cm³/mol. The van der Waals surface area contributed by atoms with Gasteiger partial charge >= 0.3 is 0 Å². The average Bonchev–Trinajstić information content (AvgIpc) is 2.52. The van der Waals surface area contributed by atoms with Crippen molar-refractivity contribution >= 4 is 14.0 Å². The van der Waals surface area contributed by atoms with Crippen LogP contribution >= 0.6 is 0 Å². The van der Waals surface area contributed by atoms with Gasteiger partial charge in [0.15, 0.2) is 0 Å². The second kappa shape index (κ2) is 8.26. The third-order valence-electron chi connectivity index (χ3n) is 3.95. The summed E-state index contributed by atoms with van der Waals surface area (Å²) in [5.74, 6) is -0.243. The molecule has 2 aromatic rings. The van der Waals surface area contributed by atoms with Crippen LogP contribution in [0.25, 0.3) is 0 Å². The molecule has 2 aromatic carbocycles. The van der Waals surface area contributed by atoms with E-state index in [9.17, 15) is 4.79 Å².